The van der Waals surface area contributed by atoms with Crippen molar-refractivity contribution in [2.45, 2.75) is 6.54 Å². The molecule has 1 rings (SSSR count). The minimum absolute atomic E-state index is 0.119. The van der Waals surface area contributed by atoms with Crippen LogP contribution in [0.15, 0.2) is 32.4 Å². The van der Waals surface area contributed by atoms with Crippen molar-refractivity contribution >= 4 is 23.5 Å². The molecule has 0 saturated heterocycles. The van der Waals surface area contributed by atoms with Crippen molar-refractivity contribution in [2.24, 2.45) is 0 Å². The zero-order chi connectivity index (χ0) is 13.1. The number of nitrogens with zero attached hydrogens (tertiary/aromatic N) is 1. The minimum atomic E-state index is -4.06. The van der Waals surface area contributed by atoms with E-state index >= 15 is 0 Å². The normalized spacial score (nSPS) is 12.2. The van der Waals surface area contributed by atoms with E-state index in [9.17, 15) is 14.2 Å². The Morgan fingerprint density at radius 2 is 2.06 bits per heavy atom. The second kappa shape index (κ2) is 5.59. The Hall–Kier alpha value is -0.950. The predicted octanol–water partition coefficient (Wildman–Crippen LogP) is 0.0330. The quantitative estimate of drug-likeness (QED) is 0.534. The van der Waals surface area contributed by atoms with Crippen LogP contribution in [0.2, 0.25) is 0 Å². The highest BCUT2D eigenvalue weighted by molar-refractivity contribution is 9.10. The van der Waals surface area contributed by atoms with Gasteiger partial charge in [0.2, 0.25) is 0 Å². The van der Waals surface area contributed by atoms with Crippen LogP contribution in [0.3, 0.4) is 0 Å². The van der Waals surface area contributed by atoms with Gasteiger partial charge in [-0.25, -0.2) is 4.79 Å². The van der Waals surface area contributed by atoms with Crippen LogP contribution in [0.5, 0.6) is 0 Å². The van der Waals surface area contributed by atoms with Crippen molar-refractivity contribution in [3.05, 3.63) is 43.7 Å². The number of halogens is 1. The molecule has 3 N–H and O–H groups in total. The summed E-state index contributed by atoms with van der Waals surface area (Å²) in [5.41, 5.74) is -1.11. The van der Waals surface area contributed by atoms with E-state index in [-0.39, 0.29) is 17.2 Å². The summed E-state index contributed by atoms with van der Waals surface area (Å²) in [7, 11) is -4.06. The third-order valence-corrected chi connectivity index (χ3v) is 3.03. The van der Waals surface area contributed by atoms with Gasteiger partial charge in [0, 0.05) is 12.7 Å². The summed E-state index contributed by atoms with van der Waals surface area (Å²) in [6.07, 6.45) is 3.65. The van der Waals surface area contributed by atoms with Crippen LogP contribution in [0.1, 0.15) is 0 Å². The molecule has 7 nitrogen and oxygen atoms in total. The van der Waals surface area contributed by atoms with Gasteiger partial charge < -0.3 is 9.79 Å². The van der Waals surface area contributed by atoms with Crippen molar-refractivity contribution in [1.82, 2.24) is 9.55 Å². The van der Waals surface area contributed by atoms with Crippen LogP contribution in [-0.2, 0) is 11.1 Å². The molecular formula is C8H10BrN2O5P. The Balaban J connectivity index is 2.77. The van der Waals surface area contributed by atoms with E-state index in [1.165, 1.54) is 22.9 Å². The highest BCUT2D eigenvalue weighted by Gasteiger charge is 2.08. The van der Waals surface area contributed by atoms with E-state index in [2.05, 4.69) is 20.9 Å². The summed E-state index contributed by atoms with van der Waals surface area (Å²) in [6, 6.07) is 0. The molecule has 9 heteroatoms. The SMILES string of the molecule is O=c1[nH]c(=O)n(C/C=C\CP(=O)(O)O)cc1Br. The molecule has 0 aromatic carbocycles. The number of H-pyrrole nitrogens is 1. The molecule has 0 unspecified atom stereocenters. The largest absolute Gasteiger partial charge is 0.329 e. The molecule has 94 valence electrons. The molecule has 0 aliphatic heterocycles. The van der Waals surface area contributed by atoms with Crippen molar-refractivity contribution in [2.75, 3.05) is 6.16 Å². The van der Waals surface area contributed by atoms with Gasteiger partial charge in [-0.05, 0) is 15.9 Å². The summed E-state index contributed by atoms with van der Waals surface area (Å²) >= 11 is 2.97. The third kappa shape index (κ3) is 4.82. The number of allylic oxidation sites excluding steroid dienone is 2. The highest BCUT2D eigenvalue weighted by Crippen LogP contribution is 2.33. The fraction of sp³-hybridized carbons (Fsp3) is 0.250. The van der Waals surface area contributed by atoms with Crippen LogP contribution in [0.4, 0.5) is 0 Å². The minimum Gasteiger partial charge on any atom is -0.324 e. The molecule has 0 fully saturated rings. The van der Waals surface area contributed by atoms with Crippen LogP contribution in [0.25, 0.3) is 0 Å². The van der Waals surface area contributed by atoms with Gasteiger partial charge in [-0.15, -0.1) is 0 Å². The fourth-order valence-corrected chi connectivity index (χ4v) is 1.79. The molecule has 0 aliphatic carbocycles. The lowest BCUT2D eigenvalue weighted by Crippen LogP contribution is -2.29. The summed E-state index contributed by atoms with van der Waals surface area (Å²) in [6.45, 7) is 0.119. The van der Waals surface area contributed by atoms with Gasteiger partial charge in [-0.1, -0.05) is 12.2 Å². The molecule has 0 radical (unpaired) electrons. The number of nitrogens with one attached hydrogen (secondary N) is 1. The molecule has 0 aliphatic rings. The van der Waals surface area contributed by atoms with E-state index in [1.807, 2.05) is 0 Å². The second-order valence-electron chi connectivity index (χ2n) is 3.21. The third-order valence-electron chi connectivity index (χ3n) is 1.78. The Morgan fingerprint density at radius 3 is 2.65 bits per heavy atom. The highest BCUT2D eigenvalue weighted by atomic mass is 79.9. The molecule has 0 saturated carbocycles. The van der Waals surface area contributed by atoms with Crippen molar-refractivity contribution < 1.29 is 14.4 Å². The van der Waals surface area contributed by atoms with Crippen molar-refractivity contribution in [3.8, 4) is 0 Å². The lowest BCUT2D eigenvalue weighted by atomic mass is 10.5. The number of aromatic nitrogens is 2. The van der Waals surface area contributed by atoms with E-state index < -0.39 is 18.8 Å². The summed E-state index contributed by atoms with van der Waals surface area (Å²) in [5.74, 6) is 0. The summed E-state index contributed by atoms with van der Waals surface area (Å²) in [4.78, 5) is 41.6. The maximum Gasteiger partial charge on any atom is 0.329 e. The molecule has 0 amide bonds. The summed E-state index contributed by atoms with van der Waals surface area (Å²) < 4.78 is 11.9. The zero-order valence-corrected chi connectivity index (χ0v) is 11.0. The molecule has 17 heavy (non-hydrogen) atoms. The first-order chi connectivity index (χ1) is 7.79. The van der Waals surface area contributed by atoms with Crippen LogP contribution < -0.4 is 11.2 Å². The van der Waals surface area contributed by atoms with E-state index in [0.717, 1.165) is 0 Å². The van der Waals surface area contributed by atoms with Crippen LogP contribution in [-0.4, -0.2) is 25.5 Å². The maximum absolute atomic E-state index is 11.3. The Bertz CT molecular complexity index is 584. The number of hydrogen-bond acceptors (Lipinski definition) is 3. The van der Waals surface area contributed by atoms with Gasteiger partial charge in [0.15, 0.2) is 0 Å². The Morgan fingerprint density at radius 1 is 1.41 bits per heavy atom. The van der Waals surface area contributed by atoms with Crippen molar-refractivity contribution in [3.63, 3.8) is 0 Å². The van der Waals surface area contributed by atoms with Crippen LogP contribution >= 0.6 is 23.5 Å². The first-order valence-corrected chi connectivity index (χ1v) is 7.07. The Kier molecular flexibility index (Phi) is 4.64. The molecule has 1 heterocycles. The van der Waals surface area contributed by atoms with Gasteiger partial charge in [0.1, 0.15) is 0 Å². The van der Waals surface area contributed by atoms with E-state index in [1.54, 1.807) is 0 Å². The molecular weight excluding hydrogens is 315 g/mol. The van der Waals surface area contributed by atoms with Gasteiger partial charge in [0.25, 0.3) is 5.56 Å². The van der Waals surface area contributed by atoms with Gasteiger partial charge in [-0.3, -0.25) is 18.9 Å². The first kappa shape index (κ1) is 14.1. The van der Waals surface area contributed by atoms with Gasteiger partial charge in [-0.2, -0.15) is 0 Å². The maximum atomic E-state index is 11.3. The average Bonchev–Trinajstić information content (AvgIpc) is 2.18. The van der Waals surface area contributed by atoms with Gasteiger partial charge >= 0.3 is 13.3 Å². The second-order valence-corrected chi connectivity index (χ2v) is 5.76. The Labute approximate surface area is 104 Å². The van der Waals surface area contributed by atoms with Crippen molar-refractivity contribution in [1.29, 1.82) is 0 Å². The fourth-order valence-electron chi connectivity index (χ4n) is 1.02. The number of rotatable bonds is 4. The number of hydrogen-bond donors (Lipinski definition) is 3. The first-order valence-electron chi connectivity index (χ1n) is 4.48. The van der Waals surface area contributed by atoms with E-state index in [0.29, 0.717) is 0 Å². The summed E-state index contributed by atoms with van der Waals surface area (Å²) in [5, 5.41) is 0. The van der Waals surface area contributed by atoms with Crippen LogP contribution in [0, 0.1) is 0 Å². The molecule has 0 spiro atoms. The lowest BCUT2D eigenvalue weighted by Gasteiger charge is -2.01. The predicted molar refractivity (Wildman–Crippen MR) is 65.1 cm³/mol. The molecule has 0 bridgehead atoms. The molecule has 1 aromatic heterocycles. The number of aromatic amines is 1. The van der Waals surface area contributed by atoms with E-state index in [4.69, 9.17) is 9.79 Å². The molecule has 0 atom stereocenters. The lowest BCUT2D eigenvalue weighted by molar-refractivity contribution is 0.377. The smallest absolute Gasteiger partial charge is 0.324 e. The topological polar surface area (TPSA) is 112 Å². The zero-order valence-electron chi connectivity index (χ0n) is 8.54. The molecule has 1 aromatic rings. The standard InChI is InChI=1S/C8H10BrN2O5P/c9-6-5-11(8(13)10-7(6)12)3-1-2-4-17(14,15)16/h1-2,5H,3-4H2,(H,10,12,13)(H2,14,15,16)/b2-1-. The monoisotopic (exact) mass is 324 g/mol. The average molecular weight is 325 g/mol. The van der Waals surface area contributed by atoms with Gasteiger partial charge in [0.05, 0.1) is 10.6 Å².